The molecule has 0 amide bonds. The van der Waals surface area contributed by atoms with Gasteiger partial charge in [-0.1, -0.05) is 24.3 Å². The van der Waals surface area contributed by atoms with E-state index in [2.05, 4.69) is 34.3 Å². The zero-order valence-electron chi connectivity index (χ0n) is 13.4. The molecule has 7 nitrogen and oxygen atoms in total. The summed E-state index contributed by atoms with van der Waals surface area (Å²) < 4.78 is 7.86. The molecule has 7 heteroatoms. The Morgan fingerprint density at radius 3 is 3.04 bits per heavy atom. The molecule has 4 rings (SSSR count). The van der Waals surface area contributed by atoms with Crippen molar-refractivity contribution in [3.8, 4) is 0 Å². The molecule has 1 aromatic carbocycles. The van der Waals surface area contributed by atoms with Gasteiger partial charge in [0.2, 0.25) is 0 Å². The number of benzene rings is 1. The van der Waals surface area contributed by atoms with Gasteiger partial charge in [-0.2, -0.15) is 5.10 Å². The summed E-state index contributed by atoms with van der Waals surface area (Å²) >= 11 is 0. The van der Waals surface area contributed by atoms with Gasteiger partial charge in [0.1, 0.15) is 18.0 Å². The summed E-state index contributed by atoms with van der Waals surface area (Å²) in [5.41, 5.74) is 2.56. The number of hydrogen-bond donors (Lipinski definition) is 0. The van der Waals surface area contributed by atoms with E-state index in [4.69, 9.17) is 4.74 Å². The Kier molecular flexibility index (Phi) is 3.82. The molecule has 2 heterocycles. The molecule has 0 unspecified atom stereocenters. The number of aryl methyl sites for hydroxylation is 1. The fourth-order valence-electron chi connectivity index (χ4n) is 3.83. The van der Waals surface area contributed by atoms with E-state index in [1.54, 1.807) is 4.68 Å². The fraction of sp³-hybridized carbons (Fsp3) is 0.471. The maximum atomic E-state index is 10.7. The first-order valence-corrected chi connectivity index (χ1v) is 8.28. The largest absolute Gasteiger partial charge is 0.368 e. The van der Waals surface area contributed by atoms with Gasteiger partial charge in [0.25, 0.3) is 0 Å². The van der Waals surface area contributed by atoms with Crippen LogP contribution >= 0.6 is 0 Å². The molecule has 126 valence electrons. The van der Waals surface area contributed by atoms with Crippen LogP contribution in [0.15, 0.2) is 36.7 Å². The summed E-state index contributed by atoms with van der Waals surface area (Å²) in [6, 6.07) is 8.54. The summed E-state index contributed by atoms with van der Waals surface area (Å²) in [4.78, 5) is 12.7. The van der Waals surface area contributed by atoms with Crippen LogP contribution < -0.4 is 0 Å². The van der Waals surface area contributed by atoms with Crippen LogP contribution in [0.1, 0.15) is 17.5 Å². The van der Waals surface area contributed by atoms with Crippen LogP contribution in [0.4, 0.5) is 5.69 Å². The summed E-state index contributed by atoms with van der Waals surface area (Å²) in [6.07, 6.45) is 4.88. The summed E-state index contributed by atoms with van der Waals surface area (Å²) in [5.74, 6) is 0. The van der Waals surface area contributed by atoms with Crippen LogP contribution in [0.3, 0.4) is 0 Å². The summed E-state index contributed by atoms with van der Waals surface area (Å²) in [5, 5.41) is 14.8. The van der Waals surface area contributed by atoms with Gasteiger partial charge in [0.05, 0.1) is 18.1 Å². The van der Waals surface area contributed by atoms with Gasteiger partial charge in [-0.3, -0.25) is 19.7 Å². The molecule has 1 aromatic heterocycles. The number of nitro groups is 1. The van der Waals surface area contributed by atoms with Crippen LogP contribution in [0.25, 0.3) is 0 Å². The predicted octanol–water partition coefficient (Wildman–Crippen LogP) is 1.97. The minimum absolute atomic E-state index is 0.0400. The lowest BCUT2D eigenvalue weighted by molar-refractivity contribution is -0.385. The van der Waals surface area contributed by atoms with Gasteiger partial charge in [-0.15, -0.1) is 0 Å². The number of aromatic nitrogens is 2. The highest BCUT2D eigenvalue weighted by Gasteiger charge is 2.42. The van der Waals surface area contributed by atoms with Gasteiger partial charge in [0.15, 0.2) is 0 Å². The molecule has 2 aliphatic rings. The molecular weight excluding hydrogens is 308 g/mol. The molecule has 0 bridgehead atoms. The number of morpholine rings is 1. The molecule has 1 fully saturated rings. The quantitative estimate of drug-likeness (QED) is 0.634. The Bertz CT molecular complexity index is 756. The second-order valence-corrected chi connectivity index (χ2v) is 6.49. The molecule has 1 saturated heterocycles. The summed E-state index contributed by atoms with van der Waals surface area (Å²) in [7, 11) is 0. The maximum Gasteiger partial charge on any atom is 0.306 e. The monoisotopic (exact) mass is 328 g/mol. The zero-order chi connectivity index (χ0) is 16.6. The molecule has 1 aliphatic carbocycles. The van der Waals surface area contributed by atoms with Crippen LogP contribution in [0.5, 0.6) is 0 Å². The van der Waals surface area contributed by atoms with Crippen molar-refractivity contribution >= 4 is 5.69 Å². The van der Waals surface area contributed by atoms with Crippen molar-refractivity contribution in [1.82, 2.24) is 14.7 Å². The molecule has 24 heavy (non-hydrogen) atoms. The molecule has 1 spiro atoms. The van der Waals surface area contributed by atoms with Crippen LogP contribution in [0, 0.1) is 10.1 Å². The highest BCUT2D eigenvalue weighted by atomic mass is 16.6. The Morgan fingerprint density at radius 1 is 1.33 bits per heavy atom. The zero-order valence-corrected chi connectivity index (χ0v) is 13.4. The normalized spacial score (nSPS) is 23.5. The Morgan fingerprint density at radius 2 is 2.21 bits per heavy atom. The van der Waals surface area contributed by atoms with E-state index in [-0.39, 0.29) is 11.3 Å². The second-order valence-electron chi connectivity index (χ2n) is 6.49. The molecule has 0 saturated carbocycles. The van der Waals surface area contributed by atoms with Crippen LogP contribution in [-0.2, 0) is 23.3 Å². The molecule has 2 aromatic rings. The molecule has 0 N–H and O–H groups in total. The van der Waals surface area contributed by atoms with E-state index in [0.717, 1.165) is 32.5 Å². The van der Waals surface area contributed by atoms with E-state index in [0.29, 0.717) is 13.2 Å². The van der Waals surface area contributed by atoms with Crippen LogP contribution in [0.2, 0.25) is 0 Å². The number of ether oxygens (including phenoxy) is 1. The summed E-state index contributed by atoms with van der Waals surface area (Å²) in [6.45, 7) is 3.92. The van der Waals surface area contributed by atoms with E-state index in [9.17, 15) is 10.1 Å². The minimum atomic E-state index is -0.414. The Labute approximate surface area is 140 Å². The third-order valence-corrected chi connectivity index (χ3v) is 5.05. The molecule has 1 atom stereocenters. The van der Waals surface area contributed by atoms with Gasteiger partial charge in [-0.25, -0.2) is 0 Å². The standard InChI is InChI=1S/C17H20N4O3/c22-21(23)15-11-18-20(12-15)8-7-19-9-10-24-17(13-19)6-5-14-3-1-2-4-16(14)17/h1-4,11-12H,5-10,13H2/t17-/m0/s1. The first-order chi connectivity index (χ1) is 11.7. The third kappa shape index (κ3) is 2.70. The van der Waals surface area contributed by atoms with Crippen molar-refractivity contribution in [1.29, 1.82) is 0 Å². The lowest BCUT2D eigenvalue weighted by Gasteiger charge is -2.41. The van der Waals surface area contributed by atoms with E-state index >= 15 is 0 Å². The average Bonchev–Trinajstić information content (AvgIpc) is 3.20. The van der Waals surface area contributed by atoms with Gasteiger partial charge < -0.3 is 4.74 Å². The first-order valence-electron chi connectivity index (χ1n) is 8.28. The SMILES string of the molecule is O=[N+]([O-])c1cnn(CCN2CCO[C@@]3(CCc4ccccc43)C2)c1. The van der Waals surface area contributed by atoms with Crippen molar-refractivity contribution in [3.05, 3.63) is 57.9 Å². The van der Waals surface area contributed by atoms with E-state index < -0.39 is 4.92 Å². The fourth-order valence-corrected chi connectivity index (χ4v) is 3.83. The third-order valence-electron chi connectivity index (χ3n) is 5.05. The highest BCUT2D eigenvalue weighted by molar-refractivity contribution is 5.38. The second kappa shape index (κ2) is 5.99. The van der Waals surface area contributed by atoms with Gasteiger partial charge in [-0.05, 0) is 24.0 Å². The average molecular weight is 328 g/mol. The lowest BCUT2D eigenvalue weighted by atomic mass is 9.93. The minimum Gasteiger partial charge on any atom is -0.368 e. The predicted molar refractivity (Wildman–Crippen MR) is 87.7 cm³/mol. The van der Waals surface area contributed by atoms with E-state index in [1.165, 1.54) is 23.5 Å². The lowest BCUT2D eigenvalue weighted by Crippen LogP contribution is -2.49. The molecule has 0 radical (unpaired) electrons. The van der Waals surface area contributed by atoms with Crippen molar-refractivity contribution in [3.63, 3.8) is 0 Å². The van der Waals surface area contributed by atoms with Crippen molar-refractivity contribution in [2.24, 2.45) is 0 Å². The van der Waals surface area contributed by atoms with Crippen LogP contribution in [-0.4, -0.2) is 45.8 Å². The number of nitrogens with zero attached hydrogens (tertiary/aromatic N) is 4. The highest BCUT2D eigenvalue weighted by Crippen LogP contribution is 2.42. The van der Waals surface area contributed by atoms with Crippen molar-refractivity contribution in [2.45, 2.75) is 25.0 Å². The first kappa shape index (κ1) is 15.3. The van der Waals surface area contributed by atoms with Gasteiger partial charge >= 0.3 is 5.69 Å². The number of hydrogen-bond acceptors (Lipinski definition) is 5. The molecule has 1 aliphatic heterocycles. The topological polar surface area (TPSA) is 73.4 Å². The smallest absolute Gasteiger partial charge is 0.306 e. The maximum absolute atomic E-state index is 10.7. The number of rotatable bonds is 4. The van der Waals surface area contributed by atoms with Gasteiger partial charge in [0, 0.05) is 19.6 Å². The Hall–Kier alpha value is -2.25. The number of fused-ring (bicyclic) bond motifs is 2. The van der Waals surface area contributed by atoms with E-state index in [1.807, 2.05) is 0 Å². The van der Waals surface area contributed by atoms with Crippen molar-refractivity contribution in [2.75, 3.05) is 26.2 Å². The molecular formula is C17H20N4O3. The Balaban J connectivity index is 1.43. The van der Waals surface area contributed by atoms with Crippen molar-refractivity contribution < 1.29 is 9.66 Å².